The quantitative estimate of drug-likeness (QED) is 0.232. The molecule has 0 radical (unpaired) electrons. The Morgan fingerprint density at radius 2 is 1.83 bits per heavy atom. The fraction of sp³-hybridized carbons (Fsp3) is 0.406. The van der Waals surface area contributed by atoms with Crippen LogP contribution in [0.3, 0.4) is 0 Å². The highest BCUT2D eigenvalue weighted by molar-refractivity contribution is 7.98. The Kier molecular flexibility index (Phi) is 11.5. The first-order chi connectivity index (χ1) is 22.1. The molecular weight excluding hydrogens is 633 g/mol. The molecule has 0 aliphatic heterocycles. The second-order valence-corrected chi connectivity index (χ2v) is 12.5. The van der Waals surface area contributed by atoms with Gasteiger partial charge in [0, 0.05) is 12.5 Å². The van der Waals surface area contributed by atoms with Crippen molar-refractivity contribution in [2.75, 3.05) is 51.1 Å². The first-order valence-electron chi connectivity index (χ1n) is 14.5. The summed E-state index contributed by atoms with van der Waals surface area (Å²) in [4.78, 5) is 56.2. The van der Waals surface area contributed by atoms with Gasteiger partial charge in [-0.25, -0.2) is 9.78 Å². The smallest absolute Gasteiger partial charge is 0.350 e. The van der Waals surface area contributed by atoms with E-state index in [1.165, 1.54) is 34.3 Å². The summed E-state index contributed by atoms with van der Waals surface area (Å²) in [5.41, 5.74) is 3.19. The fourth-order valence-corrected chi connectivity index (χ4v) is 6.80. The fourth-order valence-electron chi connectivity index (χ4n) is 5.44. The van der Waals surface area contributed by atoms with Gasteiger partial charge in [-0.2, -0.15) is 11.8 Å². The third-order valence-electron chi connectivity index (χ3n) is 7.57. The lowest BCUT2D eigenvalue weighted by Crippen LogP contribution is -2.36. The zero-order valence-corrected chi connectivity index (χ0v) is 28.5. The minimum Gasteiger partial charge on any atom is -0.493 e. The molecule has 3 aromatic rings. The number of carbonyl (C=O) groups excluding carboxylic acids is 3. The molecule has 2 unspecified atom stereocenters. The van der Waals surface area contributed by atoms with E-state index in [0.717, 1.165) is 22.5 Å². The van der Waals surface area contributed by atoms with Gasteiger partial charge in [-0.05, 0) is 73.1 Å². The third-order valence-corrected chi connectivity index (χ3v) is 9.27. The minimum atomic E-state index is -0.801. The summed E-state index contributed by atoms with van der Waals surface area (Å²) in [6.07, 6.45) is 3.42. The highest BCUT2D eigenvalue weighted by Crippen LogP contribution is 2.50. The van der Waals surface area contributed by atoms with Crippen LogP contribution in [-0.2, 0) is 20.7 Å². The molecule has 2 atom stereocenters. The Labute approximate surface area is 275 Å². The van der Waals surface area contributed by atoms with E-state index in [9.17, 15) is 19.2 Å². The number of amides is 2. The predicted molar refractivity (Wildman–Crippen MR) is 180 cm³/mol. The molecular formula is C32H38N4O8S2. The molecule has 0 saturated carbocycles. The van der Waals surface area contributed by atoms with Crippen molar-refractivity contribution in [3.05, 3.63) is 56.2 Å². The number of rotatable bonds is 12. The Bertz CT molecular complexity index is 1690. The van der Waals surface area contributed by atoms with Gasteiger partial charge in [-0.3, -0.25) is 14.4 Å². The number of nitrogens with one attached hydrogen (secondary N) is 3. The number of anilines is 2. The molecule has 0 fully saturated rings. The van der Waals surface area contributed by atoms with E-state index in [-0.39, 0.29) is 22.2 Å². The summed E-state index contributed by atoms with van der Waals surface area (Å²) in [6.45, 7) is 3.10. The monoisotopic (exact) mass is 670 g/mol. The topological polar surface area (TPSA) is 154 Å². The van der Waals surface area contributed by atoms with Crippen LogP contribution in [0.15, 0.2) is 29.1 Å². The van der Waals surface area contributed by atoms with Crippen LogP contribution in [0.25, 0.3) is 11.1 Å². The normalized spacial score (nSPS) is 14.1. The molecule has 0 bridgehead atoms. The predicted octanol–water partition coefficient (Wildman–Crippen LogP) is 4.59. The number of aryl methyl sites for hydroxylation is 2. The number of carbonyl (C=O) groups is 3. The van der Waals surface area contributed by atoms with Gasteiger partial charge in [0.05, 0.1) is 45.9 Å². The van der Waals surface area contributed by atoms with Gasteiger partial charge in [0.25, 0.3) is 0 Å². The summed E-state index contributed by atoms with van der Waals surface area (Å²) < 4.78 is 21.9. The van der Waals surface area contributed by atoms with E-state index in [2.05, 4.69) is 20.9 Å². The summed E-state index contributed by atoms with van der Waals surface area (Å²) in [7, 11) is 5.89. The van der Waals surface area contributed by atoms with Gasteiger partial charge >= 0.3 is 5.97 Å². The largest absolute Gasteiger partial charge is 0.493 e. The lowest BCUT2D eigenvalue weighted by atomic mass is 9.95. The van der Waals surface area contributed by atoms with E-state index in [1.54, 1.807) is 37.9 Å². The van der Waals surface area contributed by atoms with Crippen molar-refractivity contribution in [2.24, 2.45) is 0 Å². The average molecular weight is 671 g/mol. The number of benzene rings is 1. The van der Waals surface area contributed by atoms with Gasteiger partial charge in [0.2, 0.25) is 23.0 Å². The van der Waals surface area contributed by atoms with E-state index in [1.807, 2.05) is 12.3 Å². The molecule has 0 spiro atoms. The van der Waals surface area contributed by atoms with E-state index >= 15 is 0 Å². The molecule has 1 aliphatic rings. The maximum absolute atomic E-state index is 13.8. The Balaban J connectivity index is 1.80. The molecule has 1 heterocycles. The van der Waals surface area contributed by atoms with E-state index in [0.29, 0.717) is 64.0 Å². The number of aromatic nitrogens is 1. The van der Waals surface area contributed by atoms with Crippen LogP contribution in [0, 0.1) is 6.92 Å². The van der Waals surface area contributed by atoms with E-state index < -0.39 is 24.0 Å². The molecule has 1 aliphatic carbocycles. The van der Waals surface area contributed by atoms with Crippen molar-refractivity contribution in [3.8, 4) is 28.4 Å². The van der Waals surface area contributed by atoms with Crippen LogP contribution in [0.1, 0.15) is 52.3 Å². The minimum absolute atomic E-state index is 0.197. The number of thioether (sulfide) groups is 1. The Morgan fingerprint density at radius 3 is 2.46 bits per heavy atom. The van der Waals surface area contributed by atoms with Crippen molar-refractivity contribution in [1.82, 2.24) is 10.3 Å². The lowest BCUT2D eigenvalue weighted by Gasteiger charge is -2.19. The maximum atomic E-state index is 13.8. The summed E-state index contributed by atoms with van der Waals surface area (Å²) >= 11 is 2.58. The number of fused-ring (bicyclic) bond motifs is 3. The molecule has 3 N–H and O–H groups in total. The van der Waals surface area contributed by atoms with Crippen LogP contribution in [-0.4, -0.2) is 69.3 Å². The lowest BCUT2D eigenvalue weighted by molar-refractivity contribution is -0.120. The first-order valence-corrected chi connectivity index (χ1v) is 16.7. The van der Waals surface area contributed by atoms with Gasteiger partial charge in [0.15, 0.2) is 16.6 Å². The number of ether oxygens (including phenoxy) is 4. The van der Waals surface area contributed by atoms with Crippen LogP contribution in [0.5, 0.6) is 17.2 Å². The van der Waals surface area contributed by atoms with Crippen LogP contribution in [0.2, 0.25) is 0 Å². The van der Waals surface area contributed by atoms with Crippen LogP contribution < -0.4 is 35.6 Å². The number of nitrogens with zero attached hydrogens (tertiary/aromatic N) is 1. The third kappa shape index (κ3) is 7.39. The Morgan fingerprint density at radius 1 is 1.09 bits per heavy atom. The highest BCUT2D eigenvalue weighted by Gasteiger charge is 2.30. The molecule has 4 rings (SSSR count). The molecule has 1 aromatic heterocycles. The van der Waals surface area contributed by atoms with Crippen molar-refractivity contribution < 1.29 is 33.3 Å². The molecule has 46 heavy (non-hydrogen) atoms. The Hall–Kier alpha value is -4.30. The van der Waals surface area contributed by atoms with Gasteiger partial charge in [-0.15, -0.1) is 0 Å². The van der Waals surface area contributed by atoms with Crippen molar-refractivity contribution >= 4 is 51.7 Å². The number of hydrogen-bond acceptors (Lipinski definition) is 12. The molecule has 14 heteroatoms. The number of methoxy groups -OCH3 is 4. The zero-order chi connectivity index (χ0) is 33.5. The average Bonchev–Trinajstić information content (AvgIpc) is 3.24. The van der Waals surface area contributed by atoms with E-state index in [4.69, 9.17) is 18.9 Å². The summed E-state index contributed by atoms with van der Waals surface area (Å²) in [6, 6.07) is 5.55. The van der Waals surface area contributed by atoms with Crippen LogP contribution in [0.4, 0.5) is 10.8 Å². The number of thiazole rings is 1. The SMILES string of the molecule is COC(=O)c1sc(NC(=O)C(CCSC)Nc2ccc3c(cc2=O)C(NC(C)=O)CCc2cc(OC)c(OC)c(OC)c2-3)nc1C. The zero-order valence-electron chi connectivity index (χ0n) is 26.8. The first kappa shape index (κ1) is 34.6. The van der Waals surface area contributed by atoms with Crippen molar-refractivity contribution in [3.63, 3.8) is 0 Å². The van der Waals surface area contributed by atoms with Crippen molar-refractivity contribution in [2.45, 2.75) is 45.2 Å². The molecule has 0 saturated heterocycles. The standard InChI is InChI=1S/C32H38N4O8S2/c1-16-29(31(40)44-6)46-32(33-16)36-30(39)23(12-13-45-7)35-22-11-9-19-20(15-24(22)38)21(34-17(2)37)10-8-18-14-25(41-3)27(42-4)28(43-5)26(18)19/h9,11,14-15,21,23H,8,10,12-13H2,1-7H3,(H,34,37)(H,35,38)(H,33,36,39). The molecule has 12 nitrogen and oxygen atoms in total. The van der Waals surface area contributed by atoms with Gasteiger partial charge in [0.1, 0.15) is 10.9 Å². The van der Waals surface area contributed by atoms with Gasteiger partial charge < -0.3 is 34.9 Å². The number of hydrogen-bond donors (Lipinski definition) is 3. The summed E-state index contributed by atoms with van der Waals surface area (Å²) in [5, 5.41) is 9.17. The molecule has 246 valence electrons. The molecule has 2 aromatic carbocycles. The van der Waals surface area contributed by atoms with Gasteiger partial charge in [-0.1, -0.05) is 17.4 Å². The second-order valence-electron chi connectivity index (χ2n) is 10.5. The molecule has 2 amide bonds. The number of esters is 1. The summed E-state index contributed by atoms with van der Waals surface area (Å²) in [5.74, 6) is 0.803. The highest BCUT2D eigenvalue weighted by atomic mass is 32.2. The van der Waals surface area contributed by atoms with Crippen LogP contribution >= 0.6 is 23.1 Å². The van der Waals surface area contributed by atoms with Crippen molar-refractivity contribution in [1.29, 1.82) is 0 Å². The maximum Gasteiger partial charge on any atom is 0.350 e. The second kappa shape index (κ2) is 15.3.